The number of hydrogen-bond acceptors (Lipinski definition) is 4. The molecular weight excluding hydrogens is 306 g/mol. The zero-order valence-electron chi connectivity index (χ0n) is 13.2. The Hall–Kier alpha value is -2.86. The third-order valence-electron chi connectivity index (χ3n) is 4.22. The number of nitrogens with zero attached hydrogens (tertiary/aromatic N) is 2. The molecule has 3 aromatic rings. The Balaban J connectivity index is 1.78. The molecule has 0 saturated heterocycles. The van der Waals surface area contributed by atoms with Crippen molar-refractivity contribution >= 4 is 17.3 Å². The second kappa shape index (κ2) is 5.65. The molecule has 6 nitrogen and oxygen atoms in total. The van der Waals surface area contributed by atoms with Gasteiger partial charge in [0, 0.05) is 12.4 Å². The van der Waals surface area contributed by atoms with Gasteiger partial charge in [-0.25, -0.2) is 9.78 Å². The topological polar surface area (TPSA) is 75.9 Å². The number of hydrogen-bond donors (Lipinski definition) is 2. The number of carbonyl (C=O) groups is 1. The highest BCUT2D eigenvalue weighted by Gasteiger charge is 2.22. The van der Waals surface area contributed by atoms with Crippen LogP contribution in [0.1, 0.15) is 33.2 Å². The maximum atomic E-state index is 11.4. The van der Waals surface area contributed by atoms with Gasteiger partial charge >= 0.3 is 5.97 Å². The molecule has 0 aliphatic carbocycles. The molecule has 2 aromatic heterocycles. The number of aromatic nitrogens is 2. The molecule has 6 heteroatoms. The van der Waals surface area contributed by atoms with Crippen LogP contribution in [-0.4, -0.2) is 27.1 Å². The first-order chi connectivity index (χ1) is 11.6. The largest absolute Gasteiger partial charge is 0.478 e. The van der Waals surface area contributed by atoms with Crippen molar-refractivity contribution in [2.24, 2.45) is 0 Å². The first kappa shape index (κ1) is 14.7. The lowest BCUT2D eigenvalue weighted by Crippen LogP contribution is -2.23. The standard InChI is InChI=1S/C18H17N3O3/c1-11-7-21-8-13(18(22)23)6-15(17(21)19-11)20-16-10-24-9-12-4-2-3-5-14(12)16/h2-8,16,20H,9-10H2,1H3,(H,22,23). The molecule has 2 N–H and O–H groups in total. The van der Waals surface area contributed by atoms with Crippen LogP contribution in [0.25, 0.3) is 5.65 Å². The Labute approximate surface area is 138 Å². The van der Waals surface area contributed by atoms with Crippen LogP contribution in [0.5, 0.6) is 0 Å². The van der Waals surface area contributed by atoms with E-state index in [1.807, 2.05) is 31.3 Å². The minimum absolute atomic E-state index is 0.0419. The number of rotatable bonds is 3. The van der Waals surface area contributed by atoms with Crippen LogP contribution < -0.4 is 5.32 Å². The number of ether oxygens (including phenoxy) is 1. The summed E-state index contributed by atoms with van der Waals surface area (Å²) < 4.78 is 7.42. The minimum Gasteiger partial charge on any atom is -0.478 e. The molecule has 122 valence electrons. The van der Waals surface area contributed by atoms with Gasteiger partial charge in [-0.1, -0.05) is 24.3 Å². The molecule has 1 aliphatic rings. The molecule has 3 heterocycles. The van der Waals surface area contributed by atoms with Crippen LogP contribution >= 0.6 is 0 Å². The van der Waals surface area contributed by atoms with Crippen molar-refractivity contribution in [2.45, 2.75) is 19.6 Å². The molecule has 0 amide bonds. The smallest absolute Gasteiger partial charge is 0.337 e. The maximum Gasteiger partial charge on any atom is 0.337 e. The number of anilines is 1. The van der Waals surface area contributed by atoms with Crippen LogP contribution in [0.3, 0.4) is 0 Å². The van der Waals surface area contributed by atoms with Gasteiger partial charge in [0.2, 0.25) is 0 Å². The normalized spacial score (nSPS) is 16.8. The van der Waals surface area contributed by atoms with E-state index in [4.69, 9.17) is 4.74 Å². The zero-order valence-corrected chi connectivity index (χ0v) is 13.2. The molecule has 24 heavy (non-hydrogen) atoms. The second-order valence-electron chi connectivity index (χ2n) is 5.97. The number of aryl methyl sites for hydroxylation is 1. The molecule has 0 radical (unpaired) electrons. The van der Waals surface area contributed by atoms with Crippen molar-refractivity contribution in [3.63, 3.8) is 0 Å². The van der Waals surface area contributed by atoms with Crippen LogP contribution in [-0.2, 0) is 11.3 Å². The summed E-state index contributed by atoms with van der Waals surface area (Å²) in [7, 11) is 0. The van der Waals surface area contributed by atoms with Crippen molar-refractivity contribution in [1.29, 1.82) is 0 Å². The molecule has 0 bridgehead atoms. The zero-order chi connectivity index (χ0) is 16.7. The highest BCUT2D eigenvalue weighted by Crippen LogP contribution is 2.30. The molecule has 1 aliphatic heterocycles. The molecule has 0 saturated carbocycles. The van der Waals surface area contributed by atoms with E-state index >= 15 is 0 Å². The summed E-state index contributed by atoms with van der Waals surface area (Å²) >= 11 is 0. The first-order valence-electron chi connectivity index (χ1n) is 7.76. The van der Waals surface area contributed by atoms with Crippen molar-refractivity contribution < 1.29 is 14.6 Å². The lowest BCUT2D eigenvalue weighted by Gasteiger charge is -2.27. The van der Waals surface area contributed by atoms with Gasteiger partial charge in [0.25, 0.3) is 0 Å². The van der Waals surface area contributed by atoms with Crippen LogP contribution in [0.15, 0.2) is 42.7 Å². The predicted molar refractivity (Wildman–Crippen MR) is 89.4 cm³/mol. The number of imidazole rings is 1. The quantitative estimate of drug-likeness (QED) is 0.775. The monoisotopic (exact) mass is 323 g/mol. The van der Waals surface area contributed by atoms with E-state index in [1.54, 1.807) is 16.7 Å². The van der Waals surface area contributed by atoms with E-state index in [0.717, 1.165) is 11.3 Å². The Morgan fingerprint density at radius 1 is 1.38 bits per heavy atom. The Kier molecular flexibility index (Phi) is 3.46. The van der Waals surface area contributed by atoms with Gasteiger partial charge in [0.1, 0.15) is 0 Å². The summed E-state index contributed by atoms with van der Waals surface area (Å²) in [5, 5.41) is 12.8. The molecule has 1 atom stereocenters. The number of aromatic carboxylic acids is 1. The second-order valence-corrected chi connectivity index (χ2v) is 5.97. The lowest BCUT2D eigenvalue weighted by molar-refractivity contribution is 0.0696. The van der Waals surface area contributed by atoms with E-state index < -0.39 is 5.97 Å². The van der Waals surface area contributed by atoms with Gasteiger partial charge in [0.15, 0.2) is 5.65 Å². The number of benzene rings is 1. The van der Waals surface area contributed by atoms with Crippen molar-refractivity contribution in [3.05, 3.63) is 65.1 Å². The van der Waals surface area contributed by atoms with E-state index in [-0.39, 0.29) is 11.6 Å². The van der Waals surface area contributed by atoms with Gasteiger partial charge in [-0.2, -0.15) is 0 Å². The summed E-state index contributed by atoms with van der Waals surface area (Å²) in [6.07, 6.45) is 3.40. The van der Waals surface area contributed by atoms with Gasteiger partial charge < -0.3 is 19.6 Å². The average molecular weight is 323 g/mol. The number of pyridine rings is 1. The van der Waals surface area contributed by atoms with Gasteiger partial charge in [-0.3, -0.25) is 0 Å². The Bertz CT molecular complexity index is 932. The average Bonchev–Trinajstić information content (AvgIpc) is 2.95. The molecular formula is C18H17N3O3. The van der Waals surface area contributed by atoms with Crippen LogP contribution in [0, 0.1) is 6.92 Å². The molecule has 0 fully saturated rings. The van der Waals surface area contributed by atoms with Crippen molar-refractivity contribution in [2.75, 3.05) is 11.9 Å². The van der Waals surface area contributed by atoms with E-state index in [1.165, 1.54) is 5.56 Å². The minimum atomic E-state index is -0.966. The third kappa shape index (κ3) is 2.51. The maximum absolute atomic E-state index is 11.4. The highest BCUT2D eigenvalue weighted by molar-refractivity contribution is 5.90. The fourth-order valence-corrected chi connectivity index (χ4v) is 3.13. The van der Waals surface area contributed by atoms with Crippen molar-refractivity contribution in [1.82, 2.24) is 9.38 Å². The summed E-state index contributed by atoms with van der Waals surface area (Å²) in [4.78, 5) is 15.9. The number of nitrogens with one attached hydrogen (secondary N) is 1. The van der Waals surface area contributed by atoms with E-state index in [2.05, 4.69) is 16.4 Å². The van der Waals surface area contributed by atoms with E-state index in [0.29, 0.717) is 24.5 Å². The third-order valence-corrected chi connectivity index (χ3v) is 4.22. The van der Waals surface area contributed by atoms with Gasteiger partial charge in [-0.15, -0.1) is 0 Å². The molecule has 1 aromatic carbocycles. The van der Waals surface area contributed by atoms with Crippen LogP contribution in [0.4, 0.5) is 5.69 Å². The summed E-state index contributed by atoms with van der Waals surface area (Å²) in [6.45, 7) is 3.01. The first-order valence-corrected chi connectivity index (χ1v) is 7.76. The fraction of sp³-hybridized carbons (Fsp3) is 0.222. The van der Waals surface area contributed by atoms with E-state index in [9.17, 15) is 9.90 Å². The summed E-state index contributed by atoms with van der Waals surface area (Å²) in [5.74, 6) is -0.966. The van der Waals surface area contributed by atoms with Crippen molar-refractivity contribution in [3.8, 4) is 0 Å². The SMILES string of the molecule is Cc1cn2cc(C(=O)O)cc(NC3COCc4ccccc43)c2n1. The van der Waals surface area contributed by atoms with Gasteiger partial charge in [-0.05, 0) is 24.1 Å². The summed E-state index contributed by atoms with van der Waals surface area (Å²) in [5.41, 5.74) is 4.76. The number of fused-ring (bicyclic) bond motifs is 2. The fourth-order valence-electron chi connectivity index (χ4n) is 3.13. The Morgan fingerprint density at radius 2 is 2.21 bits per heavy atom. The predicted octanol–water partition coefficient (Wildman–Crippen LogP) is 3.02. The van der Waals surface area contributed by atoms with Crippen LogP contribution in [0.2, 0.25) is 0 Å². The Morgan fingerprint density at radius 3 is 3.04 bits per heavy atom. The number of carboxylic acids is 1. The molecule has 4 rings (SSSR count). The lowest BCUT2D eigenvalue weighted by atomic mass is 9.99. The highest BCUT2D eigenvalue weighted by atomic mass is 16.5. The molecule has 1 unspecified atom stereocenters. The summed E-state index contributed by atoms with van der Waals surface area (Å²) in [6, 6.07) is 9.70. The molecule has 0 spiro atoms. The van der Waals surface area contributed by atoms with Gasteiger partial charge in [0.05, 0.1) is 36.2 Å². The number of carboxylic acid groups (broad SMARTS) is 1.